The molecule has 1 unspecified atom stereocenters. The van der Waals surface area contributed by atoms with E-state index in [1.807, 2.05) is 24.3 Å². The molecule has 0 aliphatic heterocycles. The van der Waals surface area contributed by atoms with Gasteiger partial charge in [-0.1, -0.05) is 48.6 Å². The molecule has 3 heteroatoms. The fourth-order valence-corrected chi connectivity index (χ4v) is 3.28. The van der Waals surface area contributed by atoms with Gasteiger partial charge in [0.2, 0.25) is 0 Å². The topological polar surface area (TPSA) is 26.3 Å². The molecule has 1 aliphatic carbocycles. The van der Waals surface area contributed by atoms with Crippen LogP contribution >= 0.6 is 22.6 Å². The van der Waals surface area contributed by atoms with Crippen molar-refractivity contribution in [3.05, 3.63) is 35.4 Å². The van der Waals surface area contributed by atoms with Crippen molar-refractivity contribution in [3.8, 4) is 0 Å². The molecule has 20 heavy (non-hydrogen) atoms. The highest BCUT2D eigenvalue weighted by molar-refractivity contribution is 14.1. The second kappa shape index (κ2) is 6.92. The number of hydrogen-bond acceptors (Lipinski definition) is 2. The highest BCUT2D eigenvalue weighted by Crippen LogP contribution is 2.36. The third-order valence-electron chi connectivity index (χ3n) is 4.33. The number of benzene rings is 1. The van der Waals surface area contributed by atoms with Crippen molar-refractivity contribution in [2.24, 2.45) is 0 Å². The van der Waals surface area contributed by atoms with Crippen molar-refractivity contribution in [1.29, 1.82) is 0 Å². The molecule has 0 spiro atoms. The summed E-state index contributed by atoms with van der Waals surface area (Å²) in [6.45, 7) is 4.29. The van der Waals surface area contributed by atoms with E-state index in [4.69, 9.17) is 4.74 Å². The SMILES string of the molecule is CCC(I)c1ccc(C(=O)OC2(CC)CCCC2)cc1. The first-order valence-electron chi connectivity index (χ1n) is 7.57. The Morgan fingerprint density at radius 1 is 1.25 bits per heavy atom. The zero-order valence-electron chi connectivity index (χ0n) is 12.3. The van der Waals surface area contributed by atoms with E-state index in [9.17, 15) is 4.79 Å². The van der Waals surface area contributed by atoms with Crippen LogP contribution in [-0.4, -0.2) is 11.6 Å². The Bertz CT molecular complexity index is 447. The monoisotopic (exact) mass is 386 g/mol. The maximum atomic E-state index is 12.3. The summed E-state index contributed by atoms with van der Waals surface area (Å²) in [6.07, 6.45) is 6.39. The number of ether oxygens (including phenoxy) is 1. The van der Waals surface area contributed by atoms with Gasteiger partial charge < -0.3 is 4.74 Å². The molecule has 1 aliphatic rings. The first-order chi connectivity index (χ1) is 9.60. The molecule has 0 bridgehead atoms. The molecule has 0 N–H and O–H groups in total. The molecule has 1 aromatic carbocycles. The Labute approximate surface area is 135 Å². The van der Waals surface area contributed by atoms with Crippen LogP contribution in [0, 0.1) is 0 Å². The Morgan fingerprint density at radius 3 is 2.35 bits per heavy atom. The molecule has 0 aromatic heterocycles. The molecule has 1 fully saturated rings. The highest BCUT2D eigenvalue weighted by atomic mass is 127. The smallest absolute Gasteiger partial charge is 0.338 e. The largest absolute Gasteiger partial charge is 0.455 e. The second-order valence-corrected chi connectivity index (χ2v) is 7.13. The van der Waals surface area contributed by atoms with Crippen molar-refractivity contribution in [2.45, 2.75) is 61.9 Å². The normalized spacial score (nSPS) is 18.8. The van der Waals surface area contributed by atoms with E-state index >= 15 is 0 Å². The van der Waals surface area contributed by atoms with Gasteiger partial charge >= 0.3 is 5.97 Å². The van der Waals surface area contributed by atoms with Crippen LogP contribution < -0.4 is 0 Å². The standard InChI is InChI=1S/C17H23IO2/c1-3-15(18)13-7-9-14(10-8-13)16(19)20-17(4-2)11-5-6-12-17/h7-10,15H,3-6,11-12H2,1-2H3. The molecule has 0 heterocycles. The van der Waals surface area contributed by atoms with Crippen molar-refractivity contribution in [3.63, 3.8) is 0 Å². The Kier molecular flexibility index (Phi) is 5.47. The van der Waals surface area contributed by atoms with E-state index in [1.54, 1.807) is 0 Å². The zero-order valence-corrected chi connectivity index (χ0v) is 14.5. The number of alkyl halides is 1. The van der Waals surface area contributed by atoms with Gasteiger partial charge in [-0.15, -0.1) is 0 Å². The fourth-order valence-electron chi connectivity index (χ4n) is 2.87. The quantitative estimate of drug-likeness (QED) is 0.382. The lowest BCUT2D eigenvalue weighted by atomic mass is 9.98. The van der Waals surface area contributed by atoms with Crippen molar-refractivity contribution in [2.75, 3.05) is 0 Å². The van der Waals surface area contributed by atoms with E-state index in [0.29, 0.717) is 9.49 Å². The molecule has 1 aromatic rings. The fraction of sp³-hybridized carbons (Fsp3) is 0.588. The van der Waals surface area contributed by atoms with Crippen molar-refractivity contribution >= 4 is 28.6 Å². The number of carbonyl (C=O) groups excluding carboxylic acids is 1. The van der Waals surface area contributed by atoms with E-state index in [2.05, 4.69) is 36.4 Å². The summed E-state index contributed by atoms with van der Waals surface area (Å²) in [7, 11) is 0. The molecule has 0 saturated heterocycles. The number of carbonyl (C=O) groups is 1. The lowest BCUT2D eigenvalue weighted by Crippen LogP contribution is -2.31. The van der Waals surface area contributed by atoms with Gasteiger partial charge in [-0.2, -0.15) is 0 Å². The van der Waals surface area contributed by atoms with Gasteiger partial charge in [0.25, 0.3) is 0 Å². The van der Waals surface area contributed by atoms with Gasteiger partial charge in [0.15, 0.2) is 0 Å². The summed E-state index contributed by atoms with van der Waals surface area (Å²) in [5.74, 6) is -0.165. The molecule has 2 nitrogen and oxygen atoms in total. The third kappa shape index (κ3) is 3.54. The first kappa shape index (κ1) is 15.8. The number of esters is 1. The lowest BCUT2D eigenvalue weighted by Gasteiger charge is -2.27. The van der Waals surface area contributed by atoms with Crippen LogP contribution in [-0.2, 0) is 4.74 Å². The Morgan fingerprint density at radius 2 is 1.85 bits per heavy atom. The summed E-state index contributed by atoms with van der Waals surface area (Å²) in [5.41, 5.74) is 1.74. The number of halogens is 1. The molecule has 1 saturated carbocycles. The zero-order chi connectivity index (χ0) is 14.6. The van der Waals surface area contributed by atoms with Crippen LogP contribution in [0.5, 0.6) is 0 Å². The summed E-state index contributed by atoms with van der Waals surface area (Å²) < 4.78 is 6.33. The third-order valence-corrected chi connectivity index (χ3v) is 5.93. The van der Waals surface area contributed by atoms with Crippen LogP contribution in [0.25, 0.3) is 0 Å². The van der Waals surface area contributed by atoms with Gasteiger partial charge in [0.05, 0.1) is 5.56 Å². The number of rotatable bonds is 5. The van der Waals surface area contributed by atoms with E-state index in [1.165, 1.54) is 18.4 Å². The van der Waals surface area contributed by atoms with E-state index in [-0.39, 0.29) is 11.6 Å². The second-order valence-electron chi connectivity index (χ2n) is 5.63. The average Bonchev–Trinajstić information content (AvgIpc) is 2.95. The number of hydrogen-bond donors (Lipinski definition) is 0. The first-order valence-corrected chi connectivity index (χ1v) is 8.82. The minimum Gasteiger partial charge on any atom is -0.455 e. The maximum absolute atomic E-state index is 12.3. The van der Waals surface area contributed by atoms with Crippen molar-refractivity contribution < 1.29 is 9.53 Å². The molecule has 0 amide bonds. The van der Waals surface area contributed by atoms with Crippen LogP contribution in [0.15, 0.2) is 24.3 Å². The summed E-state index contributed by atoms with van der Waals surface area (Å²) >= 11 is 2.43. The van der Waals surface area contributed by atoms with E-state index < -0.39 is 0 Å². The van der Waals surface area contributed by atoms with Crippen molar-refractivity contribution in [1.82, 2.24) is 0 Å². The molecular weight excluding hydrogens is 363 g/mol. The van der Waals surface area contributed by atoms with E-state index in [0.717, 1.165) is 25.7 Å². The van der Waals surface area contributed by atoms with Gasteiger partial charge in [0, 0.05) is 3.92 Å². The predicted octanol–water partition coefficient (Wildman–Crippen LogP) is 5.45. The lowest BCUT2D eigenvalue weighted by molar-refractivity contribution is -0.0172. The molecular formula is C17H23IO2. The minimum absolute atomic E-state index is 0.165. The van der Waals surface area contributed by atoms with Gasteiger partial charge in [-0.3, -0.25) is 0 Å². The molecule has 0 radical (unpaired) electrons. The van der Waals surface area contributed by atoms with Crippen LogP contribution in [0.3, 0.4) is 0 Å². The van der Waals surface area contributed by atoms with Gasteiger partial charge in [-0.05, 0) is 56.2 Å². The van der Waals surface area contributed by atoms with Crippen LogP contribution in [0.2, 0.25) is 0 Å². The molecule has 110 valence electrons. The summed E-state index contributed by atoms with van der Waals surface area (Å²) in [6, 6.07) is 7.89. The van der Waals surface area contributed by atoms with Gasteiger partial charge in [-0.25, -0.2) is 4.79 Å². The molecule has 1 atom stereocenters. The van der Waals surface area contributed by atoms with Crippen LogP contribution in [0.4, 0.5) is 0 Å². The van der Waals surface area contributed by atoms with Crippen LogP contribution in [0.1, 0.15) is 72.2 Å². The summed E-state index contributed by atoms with van der Waals surface area (Å²) in [5, 5.41) is 0. The Hall–Kier alpha value is -0.580. The average molecular weight is 386 g/mol. The van der Waals surface area contributed by atoms with Gasteiger partial charge in [0.1, 0.15) is 5.60 Å². The Balaban J connectivity index is 2.05. The maximum Gasteiger partial charge on any atom is 0.338 e. The highest BCUT2D eigenvalue weighted by Gasteiger charge is 2.36. The minimum atomic E-state index is -0.203. The summed E-state index contributed by atoms with van der Waals surface area (Å²) in [4.78, 5) is 12.3. The predicted molar refractivity (Wildman–Crippen MR) is 90.4 cm³/mol. The molecule has 2 rings (SSSR count).